The van der Waals surface area contributed by atoms with E-state index in [1.165, 1.54) is 19.1 Å². The van der Waals surface area contributed by atoms with Crippen LogP contribution in [0.3, 0.4) is 0 Å². The number of amides is 1. The predicted molar refractivity (Wildman–Crippen MR) is 105 cm³/mol. The topological polar surface area (TPSA) is 84.9 Å². The number of aliphatic carboxylic acids is 1. The first-order valence-corrected chi connectivity index (χ1v) is 9.16. The van der Waals surface area contributed by atoms with Crippen molar-refractivity contribution < 1.29 is 28.6 Å². The van der Waals surface area contributed by atoms with E-state index >= 15 is 0 Å². The Labute approximate surface area is 170 Å². The van der Waals surface area contributed by atoms with E-state index in [1.807, 2.05) is 0 Å². The molecule has 2 aromatic rings. The van der Waals surface area contributed by atoms with Crippen molar-refractivity contribution in [3.05, 3.63) is 63.5 Å². The van der Waals surface area contributed by atoms with Gasteiger partial charge in [0.15, 0.2) is 11.5 Å². The third-order valence-electron chi connectivity index (χ3n) is 3.51. The van der Waals surface area contributed by atoms with Crippen LogP contribution in [0.5, 0.6) is 11.5 Å². The molecular weight excluding hydrogens is 433 g/mol. The van der Waals surface area contributed by atoms with Crippen molar-refractivity contribution in [2.24, 2.45) is 0 Å². The van der Waals surface area contributed by atoms with Crippen LogP contribution in [0, 0.1) is 5.82 Å². The van der Waals surface area contributed by atoms with Crippen LogP contribution in [-0.2, 0) is 16.2 Å². The molecule has 0 radical (unpaired) electrons. The van der Waals surface area contributed by atoms with Gasteiger partial charge in [-0.15, -0.1) is 0 Å². The molecule has 8 heteroatoms. The predicted octanol–water partition coefficient (Wildman–Crippen LogP) is 4.13. The Morgan fingerprint density at radius 2 is 1.96 bits per heavy atom. The maximum atomic E-state index is 13.8. The number of ether oxygens (including phenoxy) is 2. The zero-order valence-electron chi connectivity index (χ0n) is 15.3. The minimum Gasteiger partial charge on any atom is -0.490 e. The zero-order chi connectivity index (χ0) is 20.7. The van der Waals surface area contributed by atoms with Crippen molar-refractivity contribution in [2.45, 2.75) is 20.5 Å². The van der Waals surface area contributed by atoms with Gasteiger partial charge >= 0.3 is 5.97 Å². The second kappa shape index (κ2) is 9.89. The first-order valence-electron chi connectivity index (χ1n) is 8.37. The van der Waals surface area contributed by atoms with Gasteiger partial charge in [0.05, 0.1) is 11.1 Å². The van der Waals surface area contributed by atoms with E-state index in [2.05, 4.69) is 21.2 Å². The lowest BCUT2D eigenvalue weighted by molar-refractivity contribution is -0.134. The van der Waals surface area contributed by atoms with Gasteiger partial charge in [-0.3, -0.25) is 4.79 Å². The molecule has 28 heavy (non-hydrogen) atoms. The van der Waals surface area contributed by atoms with Crippen LogP contribution in [0.25, 0.3) is 6.08 Å². The summed E-state index contributed by atoms with van der Waals surface area (Å²) in [4.78, 5) is 22.5. The second-order valence-electron chi connectivity index (χ2n) is 5.69. The van der Waals surface area contributed by atoms with Gasteiger partial charge in [0.1, 0.15) is 18.1 Å². The van der Waals surface area contributed by atoms with Crippen molar-refractivity contribution in [2.75, 3.05) is 6.61 Å². The van der Waals surface area contributed by atoms with Crippen molar-refractivity contribution >= 4 is 33.9 Å². The summed E-state index contributed by atoms with van der Waals surface area (Å²) in [7, 11) is 0. The minimum atomic E-state index is -1.27. The number of carbonyl (C=O) groups excluding carboxylic acids is 1. The van der Waals surface area contributed by atoms with Crippen LogP contribution in [-0.4, -0.2) is 23.6 Å². The Hall–Kier alpha value is -2.87. The normalized spacial score (nSPS) is 11.1. The summed E-state index contributed by atoms with van der Waals surface area (Å²) in [6, 6.07) is 9.47. The standard InChI is InChI=1S/C20H19BrFNO5/c1-3-27-18-10-13(9-17(20(25)26)23-12(2)24)8-15(21)19(18)28-11-14-6-4-5-7-16(14)22/h4-10H,3,11H2,1-2H3,(H,23,24)(H,25,26). The number of carbonyl (C=O) groups is 2. The molecule has 6 nitrogen and oxygen atoms in total. The largest absolute Gasteiger partial charge is 0.490 e. The quantitative estimate of drug-likeness (QED) is 0.589. The van der Waals surface area contributed by atoms with E-state index in [9.17, 15) is 19.1 Å². The van der Waals surface area contributed by atoms with E-state index in [-0.39, 0.29) is 18.1 Å². The number of hydrogen-bond donors (Lipinski definition) is 2. The average Bonchev–Trinajstić information content (AvgIpc) is 2.61. The Bertz CT molecular complexity index is 913. The third-order valence-corrected chi connectivity index (χ3v) is 4.10. The summed E-state index contributed by atoms with van der Waals surface area (Å²) in [5.74, 6) is -1.44. The van der Waals surface area contributed by atoms with Crippen LogP contribution in [0.1, 0.15) is 25.0 Å². The van der Waals surface area contributed by atoms with E-state index < -0.39 is 11.9 Å². The Kier molecular flexibility index (Phi) is 7.57. The van der Waals surface area contributed by atoms with Gasteiger partial charge < -0.3 is 19.9 Å². The highest BCUT2D eigenvalue weighted by Crippen LogP contribution is 2.38. The maximum absolute atomic E-state index is 13.8. The molecule has 0 aliphatic heterocycles. The SMILES string of the molecule is CCOc1cc(C=C(NC(C)=O)C(=O)O)cc(Br)c1OCc1ccccc1F. The molecule has 0 fully saturated rings. The van der Waals surface area contributed by atoms with Gasteiger partial charge in [0.25, 0.3) is 0 Å². The molecule has 0 heterocycles. The molecule has 2 N–H and O–H groups in total. The first kappa shape index (κ1) is 21.4. The van der Waals surface area contributed by atoms with Crippen LogP contribution in [0.2, 0.25) is 0 Å². The zero-order valence-corrected chi connectivity index (χ0v) is 16.9. The Morgan fingerprint density at radius 1 is 1.25 bits per heavy atom. The van der Waals surface area contributed by atoms with Gasteiger partial charge in [-0.25, -0.2) is 9.18 Å². The number of halogens is 2. The van der Waals surface area contributed by atoms with Crippen LogP contribution >= 0.6 is 15.9 Å². The fourth-order valence-electron chi connectivity index (χ4n) is 2.35. The molecule has 0 aliphatic carbocycles. The monoisotopic (exact) mass is 451 g/mol. The molecule has 0 unspecified atom stereocenters. The molecule has 2 aromatic carbocycles. The highest BCUT2D eigenvalue weighted by Gasteiger charge is 2.15. The molecule has 148 valence electrons. The highest BCUT2D eigenvalue weighted by atomic mass is 79.9. The fourth-order valence-corrected chi connectivity index (χ4v) is 2.92. The van der Waals surface area contributed by atoms with Crippen molar-refractivity contribution in [1.29, 1.82) is 0 Å². The van der Waals surface area contributed by atoms with Gasteiger partial charge in [-0.2, -0.15) is 0 Å². The lowest BCUT2D eigenvalue weighted by Gasteiger charge is -2.15. The number of carboxylic acid groups (broad SMARTS) is 1. The number of nitrogens with one attached hydrogen (secondary N) is 1. The molecule has 0 atom stereocenters. The molecule has 0 bridgehead atoms. The number of carboxylic acids is 1. The summed E-state index contributed by atoms with van der Waals surface area (Å²) >= 11 is 3.38. The highest BCUT2D eigenvalue weighted by molar-refractivity contribution is 9.10. The maximum Gasteiger partial charge on any atom is 0.352 e. The van der Waals surface area contributed by atoms with Crippen LogP contribution in [0.4, 0.5) is 4.39 Å². The fraction of sp³-hybridized carbons (Fsp3) is 0.200. The van der Waals surface area contributed by atoms with Gasteiger partial charge in [-0.1, -0.05) is 18.2 Å². The Balaban J connectivity index is 2.36. The molecule has 2 rings (SSSR count). The molecule has 1 amide bonds. The van der Waals surface area contributed by atoms with Crippen molar-refractivity contribution in [1.82, 2.24) is 5.32 Å². The van der Waals surface area contributed by atoms with Gasteiger partial charge in [-0.05, 0) is 52.7 Å². The smallest absolute Gasteiger partial charge is 0.352 e. The molecule has 0 saturated heterocycles. The summed E-state index contributed by atoms with van der Waals surface area (Å²) in [5.41, 5.74) is 0.584. The van der Waals surface area contributed by atoms with Crippen molar-refractivity contribution in [3.63, 3.8) is 0 Å². The van der Waals surface area contributed by atoms with Crippen molar-refractivity contribution in [3.8, 4) is 11.5 Å². The summed E-state index contributed by atoms with van der Waals surface area (Å²) < 4.78 is 25.6. The first-order chi connectivity index (χ1) is 13.3. The third kappa shape index (κ3) is 5.82. The van der Waals surface area contributed by atoms with Crippen LogP contribution in [0.15, 0.2) is 46.6 Å². The summed E-state index contributed by atoms with van der Waals surface area (Å²) in [6.45, 7) is 3.34. The van der Waals surface area contributed by atoms with E-state index in [0.29, 0.717) is 33.7 Å². The summed E-state index contributed by atoms with van der Waals surface area (Å²) in [6.07, 6.45) is 1.30. The van der Waals surface area contributed by atoms with Crippen LogP contribution < -0.4 is 14.8 Å². The number of benzene rings is 2. The molecule has 0 aliphatic rings. The van der Waals surface area contributed by atoms with Gasteiger partial charge in [0, 0.05) is 12.5 Å². The Morgan fingerprint density at radius 3 is 2.57 bits per heavy atom. The number of rotatable bonds is 8. The lowest BCUT2D eigenvalue weighted by Crippen LogP contribution is -2.24. The molecule has 0 spiro atoms. The molecule has 0 aromatic heterocycles. The number of hydrogen-bond acceptors (Lipinski definition) is 4. The lowest BCUT2D eigenvalue weighted by atomic mass is 10.1. The molecule has 0 saturated carbocycles. The van der Waals surface area contributed by atoms with E-state index in [0.717, 1.165) is 0 Å². The second-order valence-corrected chi connectivity index (χ2v) is 6.54. The average molecular weight is 452 g/mol. The molecular formula is C20H19BrFNO5. The van der Waals surface area contributed by atoms with E-state index in [1.54, 1.807) is 37.3 Å². The summed E-state index contributed by atoms with van der Waals surface area (Å²) in [5, 5.41) is 11.5. The van der Waals surface area contributed by atoms with Gasteiger partial charge in [0.2, 0.25) is 5.91 Å². The minimum absolute atomic E-state index is 0.00714. The van der Waals surface area contributed by atoms with E-state index in [4.69, 9.17) is 9.47 Å².